The molecule has 0 bridgehead atoms. The lowest BCUT2D eigenvalue weighted by Crippen LogP contribution is -2.51. The van der Waals surface area contributed by atoms with E-state index in [1.165, 1.54) is 24.3 Å². The molecule has 0 aromatic heterocycles. The molecule has 3 rings (SSSR count). The van der Waals surface area contributed by atoms with Gasteiger partial charge in [0.25, 0.3) is 5.91 Å². The van der Waals surface area contributed by atoms with Crippen LogP contribution in [0, 0.1) is 5.82 Å². The van der Waals surface area contributed by atoms with Crippen LogP contribution in [0.2, 0.25) is 0 Å². The third-order valence-electron chi connectivity index (χ3n) is 4.35. The topological polar surface area (TPSA) is 66.6 Å². The van der Waals surface area contributed by atoms with Crippen molar-refractivity contribution in [1.82, 2.24) is 9.80 Å². The summed E-state index contributed by atoms with van der Waals surface area (Å²) >= 11 is 0. The Balaban J connectivity index is 0.00000243. The maximum Gasteiger partial charge on any atom is 0.253 e. The summed E-state index contributed by atoms with van der Waals surface area (Å²) in [6.07, 6.45) is 0.326. The average molecular weight is 378 g/mol. The van der Waals surface area contributed by atoms with Crippen LogP contribution in [0.15, 0.2) is 48.5 Å². The Morgan fingerprint density at radius 2 is 1.42 bits per heavy atom. The van der Waals surface area contributed by atoms with Crippen LogP contribution < -0.4 is 5.73 Å². The lowest BCUT2D eigenvalue weighted by molar-refractivity contribution is -0.131. The van der Waals surface area contributed by atoms with Gasteiger partial charge < -0.3 is 15.5 Å². The zero-order chi connectivity index (χ0) is 17.8. The van der Waals surface area contributed by atoms with Crippen molar-refractivity contribution < 1.29 is 14.0 Å². The van der Waals surface area contributed by atoms with Crippen LogP contribution in [0.4, 0.5) is 10.1 Å². The lowest BCUT2D eigenvalue weighted by atomic mass is 10.1. The van der Waals surface area contributed by atoms with Crippen molar-refractivity contribution in [3.63, 3.8) is 0 Å². The molecule has 0 aliphatic carbocycles. The van der Waals surface area contributed by atoms with Gasteiger partial charge in [0.15, 0.2) is 0 Å². The van der Waals surface area contributed by atoms with E-state index < -0.39 is 0 Å². The second-order valence-electron chi connectivity index (χ2n) is 6.10. The highest BCUT2D eigenvalue weighted by molar-refractivity contribution is 5.94. The molecule has 0 radical (unpaired) electrons. The van der Waals surface area contributed by atoms with Gasteiger partial charge in [0.1, 0.15) is 5.82 Å². The second kappa shape index (κ2) is 8.67. The highest BCUT2D eigenvalue weighted by Gasteiger charge is 2.24. The molecule has 26 heavy (non-hydrogen) atoms. The minimum atomic E-state index is -0.366. The molecular weight excluding hydrogens is 357 g/mol. The van der Waals surface area contributed by atoms with Gasteiger partial charge in [-0.15, -0.1) is 12.4 Å². The summed E-state index contributed by atoms with van der Waals surface area (Å²) in [7, 11) is 0. The zero-order valence-electron chi connectivity index (χ0n) is 14.2. The van der Waals surface area contributed by atoms with E-state index in [4.69, 9.17) is 5.73 Å². The first-order valence-electron chi connectivity index (χ1n) is 8.20. The van der Waals surface area contributed by atoms with Crippen molar-refractivity contribution in [2.24, 2.45) is 0 Å². The van der Waals surface area contributed by atoms with E-state index in [1.807, 2.05) is 12.1 Å². The SMILES string of the molecule is Cl.Nc1ccc(CC(=O)N2CCN(C(=O)c3ccc(F)cc3)CC2)cc1. The number of rotatable bonds is 3. The van der Waals surface area contributed by atoms with Crippen LogP contribution in [0.5, 0.6) is 0 Å². The monoisotopic (exact) mass is 377 g/mol. The van der Waals surface area contributed by atoms with Gasteiger partial charge in [-0.1, -0.05) is 12.1 Å². The Hall–Kier alpha value is -2.60. The minimum Gasteiger partial charge on any atom is -0.399 e. The van der Waals surface area contributed by atoms with E-state index in [9.17, 15) is 14.0 Å². The fourth-order valence-corrected chi connectivity index (χ4v) is 2.86. The van der Waals surface area contributed by atoms with E-state index in [0.29, 0.717) is 43.9 Å². The Kier molecular flexibility index (Phi) is 6.58. The van der Waals surface area contributed by atoms with Gasteiger partial charge in [-0.25, -0.2) is 4.39 Å². The Bertz CT molecular complexity index is 757. The molecule has 1 aliphatic heterocycles. The van der Waals surface area contributed by atoms with Crippen molar-refractivity contribution in [2.75, 3.05) is 31.9 Å². The maximum absolute atomic E-state index is 13.0. The molecule has 1 fully saturated rings. The van der Waals surface area contributed by atoms with Crippen LogP contribution in [0.1, 0.15) is 15.9 Å². The highest BCUT2D eigenvalue weighted by atomic mass is 35.5. The van der Waals surface area contributed by atoms with E-state index in [0.717, 1.165) is 5.56 Å². The summed E-state index contributed by atoms with van der Waals surface area (Å²) in [5.41, 5.74) is 7.70. The molecule has 0 unspecified atom stereocenters. The Labute approximate surface area is 158 Å². The van der Waals surface area contributed by atoms with Crippen molar-refractivity contribution in [1.29, 1.82) is 0 Å². The van der Waals surface area contributed by atoms with Crippen LogP contribution in [-0.4, -0.2) is 47.8 Å². The highest BCUT2D eigenvalue weighted by Crippen LogP contribution is 2.12. The standard InChI is InChI=1S/C19H20FN3O2.ClH/c20-16-5-3-15(4-6-16)19(25)23-11-9-22(10-12-23)18(24)13-14-1-7-17(21)8-2-14;/h1-8H,9-13,21H2;1H. The first-order valence-corrected chi connectivity index (χ1v) is 8.20. The molecule has 1 heterocycles. The van der Waals surface area contributed by atoms with Crippen LogP contribution in [0.25, 0.3) is 0 Å². The fourth-order valence-electron chi connectivity index (χ4n) is 2.86. The van der Waals surface area contributed by atoms with Gasteiger partial charge in [0.05, 0.1) is 6.42 Å². The number of halogens is 2. The molecular formula is C19H21ClFN3O2. The third-order valence-corrected chi connectivity index (χ3v) is 4.35. The van der Waals surface area contributed by atoms with Gasteiger partial charge in [-0.05, 0) is 42.0 Å². The fraction of sp³-hybridized carbons (Fsp3) is 0.263. The van der Waals surface area contributed by atoms with E-state index >= 15 is 0 Å². The van der Waals surface area contributed by atoms with Crippen molar-refractivity contribution in [2.45, 2.75) is 6.42 Å². The molecule has 1 saturated heterocycles. The number of carbonyl (C=O) groups is 2. The van der Waals surface area contributed by atoms with E-state index in [1.54, 1.807) is 21.9 Å². The van der Waals surface area contributed by atoms with Gasteiger partial charge in [0, 0.05) is 37.4 Å². The molecule has 0 saturated carbocycles. The normalized spacial score (nSPS) is 13.9. The summed E-state index contributed by atoms with van der Waals surface area (Å²) < 4.78 is 13.0. The Morgan fingerprint density at radius 1 is 0.885 bits per heavy atom. The van der Waals surface area contributed by atoms with Gasteiger partial charge in [0.2, 0.25) is 5.91 Å². The molecule has 0 spiro atoms. The van der Waals surface area contributed by atoms with Crippen molar-refractivity contribution in [3.05, 3.63) is 65.5 Å². The maximum atomic E-state index is 13.0. The molecule has 7 heteroatoms. The first kappa shape index (κ1) is 19.7. The number of benzene rings is 2. The number of hydrogen-bond acceptors (Lipinski definition) is 3. The summed E-state index contributed by atoms with van der Waals surface area (Å²) in [5, 5.41) is 0. The summed E-state index contributed by atoms with van der Waals surface area (Å²) in [5.74, 6) is -0.459. The van der Waals surface area contributed by atoms with Crippen molar-refractivity contribution in [3.8, 4) is 0 Å². The summed E-state index contributed by atoms with van der Waals surface area (Å²) in [6.45, 7) is 1.95. The average Bonchev–Trinajstić information content (AvgIpc) is 2.64. The van der Waals surface area contributed by atoms with Gasteiger partial charge >= 0.3 is 0 Å². The largest absolute Gasteiger partial charge is 0.399 e. The number of piperazine rings is 1. The number of carbonyl (C=O) groups excluding carboxylic acids is 2. The van der Waals surface area contributed by atoms with Gasteiger partial charge in [-0.3, -0.25) is 9.59 Å². The summed E-state index contributed by atoms with van der Waals surface area (Å²) in [6, 6.07) is 12.8. The van der Waals surface area contributed by atoms with Crippen LogP contribution in [-0.2, 0) is 11.2 Å². The third kappa shape index (κ3) is 4.73. The molecule has 2 N–H and O–H groups in total. The zero-order valence-corrected chi connectivity index (χ0v) is 15.0. The smallest absolute Gasteiger partial charge is 0.253 e. The van der Waals surface area contributed by atoms with Gasteiger partial charge in [-0.2, -0.15) is 0 Å². The molecule has 5 nitrogen and oxygen atoms in total. The first-order chi connectivity index (χ1) is 12.0. The predicted octanol–water partition coefficient (Wildman–Crippen LogP) is 2.36. The molecule has 2 aromatic rings. The molecule has 1 aliphatic rings. The number of nitrogens with two attached hydrogens (primary N) is 1. The molecule has 2 amide bonds. The van der Waals surface area contributed by atoms with E-state index in [-0.39, 0.29) is 30.0 Å². The van der Waals surface area contributed by atoms with Crippen LogP contribution >= 0.6 is 12.4 Å². The van der Waals surface area contributed by atoms with Crippen molar-refractivity contribution >= 4 is 29.9 Å². The summed E-state index contributed by atoms with van der Waals surface area (Å²) in [4.78, 5) is 28.2. The minimum absolute atomic E-state index is 0. The second-order valence-corrected chi connectivity index (χ2v) is 6.10. The van der Waals surface area contributed by atoms with Crippen LogP contribution in [0.3, 0.4) is 0 Å². The number of nitrogen functional groups attached to an aromatic ring is 1. The predicted molar refractivity (Wildman–Crippen MR) is 101 cm³/mol. The number of amides is 2. The molecule has 2 aromatic carbocycles. The van der Waals surface area contributed by atoms with E-state index in [2.05, 4.69) is 0 Å². The Morgan fingerprint density at radius 3 is 2.00 bits per heavy atom. The quantitative estimate of drug-likeness (QED) is 0.835. The number of hydrogen-bond donors (Lipinski definition) is 1. The number of nitrogens with zero attached hydrogens (tertiary/aromatic N) is 2. The molecule has 138 valence electrons. The molecule has 0 atom stereocenters. The number of anilines is 1. The lowest BCUT2D eigenvalue weighted by Gasteiger charge is -2.35.